The number of rotatable bonds is 4. The largest absolute Gasteiger partial charge is 0.741 e. The van der Waals surface area contributed by atoms with Gasteiger partial charge in [-0.2, -0.15) is 13.2 Å². The maximum Gasteiger partial charge on any atom is 0.485 e. The molecule has 0 saturated carbocycles. The van der Waals surface area contributed by atoms with Gasteiger partial charge < -0.3 is 4.55 Å². The maximum absolute atomic E-state index is 10.7. The van der Waals surface area contributed by atoms with E-state index in [4.69, 9.17) is 13.0 Å². The number of alkyl halides is 3. The molecule has 0 heterocycles. The molecular weight excluding hydrogens is 468 g/mol. The zero-order chi connectivity index (χ0) is 19.1. The van der Waals surface area contributed by atoms with Crippen LogP contribution in [0.1, 0.15) is 25.0 Å². The fraction of sp³-hybridized carbons (Fsp3) is 0.294. The predicted octanol–water partition coefficient (Wildman–Crippen LogP) is 0.991. The Labute approximate surface area is 156 Å². The number of hydrogen-bond acceptors (Lipinski definition) is 3. The summed E-state index contributed by atoms with van der Waals surface area (Å²) < 4.78 is 62.1. The standard InChI is InChI=1S/C16H18I.CHF3O3S/c1-3-13-9-5-7-11-15(13)17-16-12-8-6-10-14(16)4-2;2-1(3,4)8(5,6)7/h5-12H,3-4H2,1-2H3;(H,5,6,7)/q+1;/p-1. The first kappa shape index (κ1) is 21.9. The van der Waals surface area contributed by atoms with E-state index < -0.39 is 15.6 Å². The lowest BCUT2D eigenvalue weighted by molar-refractivity contribution is -0.599. The van der Waals surface area contributed by atoms with Gasteiger partial charge in [0.05, 0.1) is 0 Å². The van der Waals surface area contributed by atoms with Crippen molar-refractivity contribution in [2.45, 2.75) is 32.2 Å². The molecule has 0 unspecified atom stereocenters. The van der Waals surface area contributed by atoms with Crippen molar-refractivity contribution in [1.82, 2.24) is 0 Å². The maximum atomic E-state index is 10.7. The second-order valence-corrected chi connectivity index (χ2v) is 9.12. The van der Waals surface area contributed by atoms with Gasteiger partial charge in [-0.15, -0.1) is 0 Å². The molecule has 0 aliphatic heterocycles. The molecule has 0 fully saturated rings. The van der Waals surface area contributed by atoms with Crippen LogP contribution >= 0.6 is 0 Å². The van der Waals surface area contributed by atoms with Crippen LogP contribution in [0.3, 0.4) is 0 Å². The average molecular weight is 486 g/mol. The highest BCUT2D eigenvalue weighted by Gasteiger charge is 2.36. The average Bonchev–Trinajstić information content (AvgIpc) is 2.54. The van der Waals surface area contributed by atoms with Crippen LogP contribution in [0.5, 0.6) is 0 Å². The Morgan fingerprint density at radius 2 is 1.20 bits per heavy atom. The molecule has 0 aliphatic rings. The summed E-state index contributed by atoms with van der Waals surface area (Å²) in [6.45, 7) is 4.49. The fourth-order valence-corrected chi connectivity index (χ4v) is 5.08. The monoisotopic (exact) mass is 486 g/mol. The molecule has 0 aliphatic carbocycles. The van der Waals surface area contributed by atoms with Crippen molar-refractivity contribution in [3.8, 4) is 0 Å². The Balaban J connectivity index is 0.000000333. The van der Waals surface area contributed by atoms with Crippen LogP contribution in [0, 0.1) is 7.14 Å². The van der Waals surface area contributed by atoms with Gasteiger partial charge in [0, 0.05) is 11.1 Å². The molecule has 3 nitrogen and oxygen atoms in total. The van der Waals surface area contributed by atoms with Crippen LogP contribution < -0.4 is 21.2 Å². The lowest BCUT2D eigenvalue weighted by atomic mass is 10.2. The van der Waals surface area contributed by atoms with Gasteiger partial charge in [-0.3, -0.25) is 0 Å². The Kier molecular flexibility index (Phi) is 8.36. The number of halogens is 4. The summed E-state index contributed by atoms with van der Waals surface area (Å²) in [6, 6.07) is 17.8. The van der Waals surface area contributed by atoms with Crippen LogP contribution in [0.15, 0.2) is 48.5 Å². The molecule has 2 aromatic carbocycles. The molecule has 0 radical (unpaired) electrons. The zero-order valence-electron chi connectivity index (χ0n) is 13.7. The van der Waals surface area contributed by atoms with Crippen LogP contribution in [0.2, 0.25) is 0 Å². The van der Waals surface area contributed by atoms with Gasteiger partial charge in [0.2, 0.25) is 0 Å². The predicted molar refractivity (Wildman–Crippen MR) is 84.8 cm³/mol. The quantitative estimate of drug-likeness (QED) is 0.368. The summed E-state index contributed by atoms with van der Waals surface area (Å²) in [5.41, 5.74) is -2.61. The normalized spacial score (nSPS) is 11.6. The van der Waals surface area contributed by atoms with Crippen LogP contribution in [-0.2, 0) is 23.0 Å². The third-order valence-electron chi connectivity index (χ3n) is 3.16. The second-order valence-electron chi connectivity index (χ2n) is 4.88. The molecule has 8 heteroatoms. The van der Waals surface area contributed by atoms with E-state index in [1.807, 2.05) is 0 Å². The van der Waals surface area contributed by atoms with Gasteiger partial charge in [0.25, 0.3) is 0 Å². The molecule has 0 bridgehead atoms. The fourth-order valence-electron chi connectivity index (χ4n) is 1.86. The van der Waals surface area contributed by atoms with Gasteiger partial charge >= 0.3 is 26.7 Å². The summed E-state index contributed by atoms with van der Waals surface area (Å²) in [5.74, 6) is 0. The Bertz CT molecular complexity index is 744. The molecule has 0 atom stereocenters. The van der Waals surface area contributed by atoms with Crippen LogP contribution in [0.25, 0.3) is 0 Å². The van der Waals surface area contributed by atoms with E-state index >= 15 is 0 Å². The molecule has 0 spiro atoms. The van der Waals surface area contributed by atoms with Gasteiger partial charge in [0.1, 0.15) is 0 Å². The van der Waals surface area contributed by atoms with Crippen LogP contribution in [-0.4, -0.2) is 18.5 Å². The second kappa shape index (κ2) is 9.54. The summed E-state index contributed by atoms with van der Waals surface area (Å²) >= 11 is -0.0274. The first-order valence-corrected chi connectivity index (χ1v) is 11.0. The SMILES string of the molecule is CCc1ccccc1[I+]c1ccccc1CC.O=S(=O)([O-])C(F)(F)F. The van der Waals surface area contributed by atoms with Crippen molar-refractivity contribution in [2.24, 2.45) is 0 Å². The molecule has 0 saturated heterocycles. The van der Waals surface area contributed by atoms with E-state index in [0.717, 1.165) is 12.8 Å². The molecule has 138 valence electrons. The lowest BCUT2D eigenvalue weighted by Gasteiger charge is -2.08. The minimum absolute atomic E-state index is 0.0274. The van der Waals surface area contributed by atoms with E-state index in [1.165, 1.54) is 11.1 Å². The van der Waals surface area contributed by atoms with E-state index in [9.17, 15) is 13.2 Å². The molecular formula is C17H18F3IO3S. The van der Waals surface area contributed by atoms with Crippen molar-refractivity contribution in [3.63, 3.8) is 0 Å². The van der Waals surface area contributed by atoms with Crippen molar-refractivity contribution >= 4 is 10.1 Å². The minimum Gasteiger partial charge on any atom is -0.741 e. The number of hydrogen-bond donors (Lipinski definition) is 0. The van der Waals surface area contributed by atoms with Gasteiger partial charge in [-0.25, -0.2) is 8.42 Å². The van der Waals surface area contributed by atoms with Crippen molar-refractivity contribution in [3.05, 3.63) is 66.8 Å². The number of aryl methyl sites for hydroxylation is 2. The molecule has 25 heavy (non-hydrogen) atoms. The van der Waals surface area contributed by atoms with Gasteiger partial charge in [-0.05, 0) is 25.0 Å². The zero-order valence-corrected chi connectivity index (χ0v) is 16.7. The van der Waals surface area contributed by atoms with E-state index in [2.05, 4.69) is 62.4 Å². The summed E-state index contributed by atoms with van der Waals surface area (Å²) in [4.78, 5) is 0. The summed E-state index contributed by atoms with van der Waals surface area (Å²) in [6.07, 6.45) is 2.29. The Morgan fingerprint density at radius 3 is 1.48 bits per heavy atom. The highest BCUT2D eigenvalue weighted by atomic mass is 127. The van der Waals surface area contributed by atoms with E-state index in [-0.39, 0.29) is 21.2 Å². The first-order valence-electron chi connectivity index (χ1n) is 7.43. The van der Waals surface area contributed by atoms with Crippen molar-refractivity contribution in [2.75, 3.05) is 0 Å². The Morgan fingerprint density at radius 1 is 0.880 bits per heavy atom. The van der Waals surface area contributed by atoms with Crippen LogP contribution in [0.4, 0.5) is 13.2 Å². The molecule has 2 rings (SSSR count). The topological polar surface area (TPSA) is 57.2 Å². The molecule has 2 aromatic rings. The van der Waals surface area contributed by atoms with E-state index in [1.54, 1.807) is 7.14 Å². The van der Waals surface area contributed by atoms with Gasteiger partial charge in [-0.1, -0.05) is 50.2 Å². The smallest absolute Gasteiger partial charge is 0.485 e. The molecule has 0 aromatic heterocycles. The highest BCUT2D eigenvalue weighted by molar-refractivity contribution is 7.86. The van der Waals surface area contributed by atoms with Gasteiger partial charge in [0.15, 0.2) is 17.3 Å². The first-order chi connectivity index (χ1) is 11.6. The molecule has 0 amide bonds. The van der Waals surface area contributed by atoms with Crippen molar-refractivity contribution in [1.29, 1.82) is 0 Å². The summed E-state index contributed by atoms with van der Waals surface area (Å²) in [5, 5.41) is 0. The lowest BCUT2D eigenvalue weighted by Crippen LogP contribution is -3.62. The third-order valence-corrected chi connectivity index (χ3v) is 7.00. The number of benzene rings is 2. The minimum atomic E-state index is -6.09. The van der Waals surface area contributed by atoms with E-state index in [0.29, 0.717) is 0 Å². The Hall–Kier alpha value is -1.13. The summed E-state index contributed by atoms with van der Waals surface area (Å²) in [7, 11) is -6.09. The highest BCUT2D eigenvalue weighted by Crippen LogP contribution is 2.20. The third kappa shape index (κ3) is 6.95. The van der Waals surface area contributed by atoms with Crippen molar-refractivity contribution < 1.29 is 47.3 Å². The molecule has 0 N–H and O–H groups in total.